The smallest absolute Gasteiger partial charge is 0.129 e. The van der Waals surface area contributed by atoms with E-state index >= 15 is 0 Å². The molecule has 0 amide bonds. The first-order valence-electron chi connectivity index (χ1n) is 5.48. The number of hydrogen-bond acceptors (Lipinski definition) is 5. The summed E-state index contributed by atoms with van der Waals surface area (Å²) in [4.78, 5) is 7.52. The Morgan fingerprint density at radius 1 is 1.47 bits per heavy atom. The number of morpholine rings is 1. The van der Waals surface area contributed by atoms with Crippen LogP contribution in [-0.4, -0.2) is 56.6 Å². The van der Waals surface area contributed by atoms with Crippen molar-refractivity contribution in [1.29, 1.82) is 0 Å². The van der Waals surface area contributed by atoms with E-state index in [4.69, 9.17) is 15.3 Å². The summed E-state index contributed by atoms with van der Waals surface area (Å²) >= 11 is 0. The Morgan fingerprint density at radius 2 is 2.20 bits per heavy atom. The van der Waals surface area contributed by atoms with Crippen molar-refractivity contribution in [3.8, 4) is 0 Å². The van der Waals surface area contributed by atoms with Crippen LogP contribution < -0.4 is 5.73 Å². The maximum atomic E-state index is 5.39. The van der Waals surface area contributed by atoms with Crippen LogP contribution in [-0.2, 0) is 9.57 Å². The summed E-state index contributed by atoms with van der Waals surface area (Å²) in [5.41, 5.74) is 6.35. The molecule has 0 aromatic carbocycles. The number of nitrogens with two attached hydrogens (primary N) is 1. The van der Waals surface area contributed by atoms with Gasteiger partial charge in [-0.3, -0.25) is 4.90 Å². The lowest BCUT2D eigenvalue weighted by molar-refractivity contribution is 0.0211. The third-order valence-electron chi connectivity index (χ3n) is 2.33. The van der Waals surface area contributed by atoms with E-state index in [1.165, 1.54) is 0 Å². The molecule has 1 aliphatic heterocycles. The van der Waals surface area contributed by atoms with Crippen molar-refractivity contribution >= 4 is 5.71 Å². The van der Waals surface area contributed by atoms with Crippen LogP contribution in [0.25, 0.3) is 0 Å². The van der Waals surface area contributed by atoms with Crippen molar-refractivity contribution < 1.29 is 9.57 Å². The van der Waals surface area contributed by atoms with Crippen LogP contribution >= 0.6 is 0 Å². The second-order valence-corrected chi connectivity index (χ2v) is 3.65. The molecule has 1 rings (SSSR count). The van der Waals surface area contributed by atoms with Gasteiger partial charge < -0.3 is 15.3 Å². The van der Waals surface area contributed by atoms with Crippen LogP contribution in [0.4, 0.5) is 0 Å². The molecule has 5 nitrogen and oxygen atoms in total. The fourth-order valence-electron chi connectivity index (χ4n) is 1.41. The van der Waals surface area contributed by atoms with Crippen molar-refractivity contribution in [1.82, 2.24) is 4.90 Å². The zero-order valence-electron chi connectivity index (χ0n) is 9.45. The Balaban J connectivity index is 2.02. The minimum Gasteiger partial charge on any atom is -0.394 e. The topological polar surface area (TPSA) is 60.1 Å². The number of ether oxygens (including phenoxy) is 1. The normalized spacial score (nSPS) is 19.2. The van der Waals surface area contributed by atoms with E-state index in [-0.39, 0.29) is 0 Å². The third kappa shape index (κ3) is 5.71. The van der Waals surface area contributed by atoms with Gasteiger partial charge in [0.2, 0.25) is 0 Å². The summed E-state index contributed by atoms with van der Waals surface area (Å²) < 4.78 is 5.25. The molecule has 1 aliphatic rings. The highest BCUT2D eigenvalue weighted by molar-refractivity contribution is 5.81. The Bertz CT molecular complexity index is 191. The van der Waals surface area contributed by atoms with E-state index in [9.17, 15) is 0 Å². The van der Waals surface area contributed by atoms with Gasteiger partial charge in [-0.25, -0.2) is 0 Å². The average Bonchev–Trinajstić information content (AvgIpc) is 2.26. The van der Waals surface area contributed by atoms with Crippen molar-refractivity contribution in [3.63, 3.8) is 0 Å². The zero-order valence-corrected chi connectivity index (χ0v) is 9.45. The zero-order chi connectivity index (χ0) is 10.9. The maximum Gasteiger partial charge on any atom is 0.129 e. The van der Waals surface area contributed by atoms with Crippen molar-refractivity contribution in [2.45, 2.75) is 13.3 Å². The van der Waals surface area contributed by atoms with Crippen LogP contribution in [0.15, 0.2) is 5.16 Å². The molecule has 2 N–H and O–H groups in total. The molecule has 0 aromatic heterocycles. The van der Waals surface area contributed by atoms with Gasteiger partial charge in [-0.05, 0) is 13.5 Å². The SMILES string of the molecule is C/C(CCN)=N/OCCN1CCOCC1. The molecule has 15 heavy (non-hydrogen) atoms. The van der Waals surface area contributed by atoms with Gasteiger partial charge in [0, 0.05) is 26.1 Å². The standard InChI is InChI=1S/C10H21N3O2/c1-10(2-3-11)12-15-9-6-13-4-7-14-8-5-13/h2-9,11H2,1H3/b12-10-. The molecular formula is C10H21N3O2. The van der Waals surface area contributed by atoms with Crippen LogP contribution in [0.3, 0.4) is 0 Å². The fourth-order valence-corrected chi connectivity index (χ4v) is 1.41. The predicted molar refractivity (Wildman–Crippen MR) is 60.0 cm³/mol. The molecule has 88 valence electrons. The first kappa shape index (κ1) is 12.4. The Hall–Kier alpha value is -0.650. The number of nitrogens with zero attached hydrogens (tertiary/aromatic N) is 2. The average molecular weight is 215 g/mol. The number of hydrogen-bond donors (Lipinski definition) is 1. The molecule has 0 atom stereocenters. The molecular weight excluding hydrogens is 194 g/mol. The van der Waals surface area contributed by atoms with E-state index in [1.54, 1.807) is 0 Å². The van der Waals surface area contributed by atoms with E-state index < -0.39 is 0 Å². The van der Waals surface area contributed by atoms with Gasteiger partial charge in [-0.2, -0.15) is 0 Å². The molecule has 0 unspecified atom stereocenters. The van der Waals surface area contributed by atoms with Gasteiger partial charge in [-0.15, -0.1) is 0 Å². The summed E-state index contributed by atoms with van der Waals surface area (Å²) in [6.07, 6.45) is 0.803. The monoisotopic (exact) mass is 215 g/mol. The minimum absolute atomic E-state index is 0.627. The summed E-state index contributed by atoms with van der Waals surface area (Å²) in [5, 5.41) is 3.98. The molecule has 0 aliphatic carbocycles. The van der Waals surface area contributed by atoms with Gasteiger partial charge >= 0.3 is 0 Å². The lowest BCUT2D eigenvalue weighted by Crippen LogP contribution is -2.38. The Kier molecular flexibility index (Phi) is 6.31. The van der Waals surface area contributed by atoms with Crippen molar-refractivity contribution in [2.75, 3.05) is 46.0 Å². The molecule has 0 radical (unpaired) electrons. The van der Waals surface area contributed by atoms with Gasteiger partial charge in [0.05, 0.1) is 18.9 Å². The molecule has 5 heteroatoms. The van der Waals surface area contributed by atoms with Gasteiger partial charge in [0.1, 0.15) is 6.61 Å². The lowest BCUT2D eigenvalue weighted by atomic mass is 10.3. The van der Waals surface area contributed by atoms with E-state index in [1.807, 2.05) is 6.92 Å². The summed E-state index contributed by atoms with van der Waals surface area (Å²) in [5.74, 6) is 0. The van der Waals surface area contributed by atoms with Gasteiger partial charge in [0.15, 0.2) is 0 Å². The summed E-state index contributed by atoms with van der Waals surface area (Å²) in [7, 11) is 0. The molecule has 0 aromatic rings. The second-order valence-electron chi connectivity index (χ2n) is 3.65. The number of oxime groups is 1. The first-order chi connectivity index (χ1) is 7.33. The molecule has 0 spiro atoms. The Morgan fingerprint density at radius 3 is 2.87 bits per heavy atom. The van der Waals surface area contributed by atoms with Crippen molar-refractivity contribution in [3.05, 3.63) is 0 Å². The molecule has 1 saturated heterocycles. The van der Waals surface area contributed by atoms with E-state index in [0.29, 0.717) is 13.2 Å². The predicted octanol–water partition coefficient (Wildman–Crippen LogP) is 0.0599. The highest BCUT2D eigenvalue weighted by Crippen LogP contribution is 1.96. The minimum atomic E-state index is 0.627. The highest BCUT2D eigenvalue weighted by Gasteiger charge is 2.09. The van der Waals surface area contributed by atoms with Gasteiger partial charge in [-0.1, -0.05) is 5.16 Å². The lowest BCUT2D eigenvalue weighted by Gasteiger charge is -2.25. The van der Waals surface area contributed by atoms with Crippen LogP contribution in [0.1, 0.15) is 13.3 Å². The second kappa shape index (κ2) is 7.62. The fraction of sp³-hybridized carbons (Fsp3) is 0.900. The van der Waals surface area contributed by atoms with Gasteiger partial charge in [0.25, 0.3) is 0 Å². The molecule has 0 bridgehead atoms. The largest absolute Gasteiger partial charge is 0.394 e. The first-order valence-corrected chi connectivity index (χ1v) is 5.48. The molecule has 0 saturated carbocycles. The summed E-state index contributed by atoms with van der Waals surface area (Å²) in [6, 6.07) is 0. The van der Waals surface area contributed by atoms with Crippen molar-refractivity contribution in [2.24, 2.45) is 10.9 Å². The van der Waals surface area contributed by atoms with E-state index in [0.717, 1.165) is 45.0 Å². The maximum absolute atomic E-state index is 5.39. The van der Waals surface area contributed by atoms with Crippen LogP contribution in [0, 0.1) is 0 Å². The number of rotatable bonds is 6. The third-order valence-corrected chi connectivity index (χ3v) is 2.33. The Labute approximate surface area is 91.2 Å². The van der Waals surface area contributed by atoms with Crippen LogP contribution in [0.5, 0.6) is 0 Å². The summed E-state index contributed by atoms with van der Waals surface area (Å²) in [6.45, 7) is 7.77. The van der Waals surface area contributed by atoms with E-state index in [2.05, 4.69) is 10.1 Å². The molecule has 1 fully saturated rings. The highest BCUT2D eigenvalue weighted by atomic mass is 16.6. The quantitative estimate of drug-likeness (QED) is 0.387. The molecule has 1 heterocycles. The van der Waals surface area contributed by atoms with Crippen LogP contribution in [0.2, 0.25) is 0 Å².